The quantitative estimate of drug-likeness (QED) is 0.579. The van der Waals surface area contributed by atoms with Crippen LogP contribution in [0.5, 0.6) is 0 Å². The molecule has 1 heterocycles. The monoisotopic (exact) mass is 189 g/mol. The zero-order valence-corrected chi connectivity index (χ0v) is 7.64. The molecule has 1 aliphatic rings. The van der Waals surface area contributed by atoms with Gasteiger partial charge in [0.05, 0.1) is 19.8 Å². The number of methoxy groups -OCH3 is 1. The van der Waals surface area contributed by atoms with E-state index in [9.17, 15) is 9.90 Å². The van der Waals surface area contributed by atoms with Crippen molar-refractivity contribution >= 4 is 6.09 Å². The van der Waals surface area contributed by atoms with Crippen molar-refractivity contribution in [2.24, 2.45) is 5.92 Å². The third-order valence-electron chi connectivity index (χ3n) is 2.39. The van der Waals surface area contributed by atoms with Crippen LogP contribution in [0.4, 0.5) is 4.79 Å². The number of carbonyl (C=O) groups excluding carboxylic acids is 1. The van der Waals surface area contributed by atoms with Gasteiger partial charge >= 0.3 is 6.09 Å². The number of hydrogen-bond acceptors (Lipinski definition) is 4. The first-order chi connectivity index (χ1) is 6.19. The van der Waals surface area contributed by atoms with Gasteiger partial charge in [0, 0.05) is 19.1 Å². The zero-order chi connectivity index (χ0) is 9.84. The van der Waals surface area contributed by atoms with E-state index >= 15 is 0 Å². The molecule has 1 rings (SSSR count). The van der Waals surface area contributed by atoms with Gasteiger partial charge in [-0.1, -0.05) is 0 Å². The van der Waals surface area contributed by atoms with Crippen molar-refractivity contribution in [3.05, 3.63) is 0 Å². The number of aliphatic hydroxyl groups is 2. The van der Waals surface area contributed by atoms with E-state index in [1.165, 1.54) is 12.0 Å². The van der Waals surface area contributed by atoms with Gasteiger partial charge in [-0.2, -0.15) is 0 Å². The molecule has 13 heavy (non-hydrogen) atoms. The molecule has 0 saturated carbocycles. The molecule has 5 nitrogen and oxygen atoms in total. The number of nitrogens with zero attached hydrogens (tertiary/aromatic N) is 1. The number of piperidine rings is 1. The molecule has 0 aliphatic carbocycles. The minimum absolute atomic E-state index is 0.0316. The lowest BCUT2D eigenvalue weighted by Crippen LogP contribution is -2.47. The maximum Gasteiger partial charge on any atom is 0.409 e. The lowest BCUT2D eigenvalue weighted by molar-refractivity contribution is -0.000539. The predicted molar refractivity (Wildman–Crippen MR) is 45.2 cm³/mol. The molecular weight excluding hydrogens is 174 g/mol. The lowest BCUT2D eigenvalue weighted by Gasteiger charge is -2.33. The Labute approximate surface area is 76.9 Å². The number of hydrogen-bond donors (Lipinski definition) is 2. The van der Waals surface area contributed by atoms with Crippen molar-refractivity contribution in [2.45, 2.75) is 12.5 Å². The van der Waals surface area contributed by atoms with Crippen molar-refractivity contribution in [3.63, 3.8) is 0 Å². The summed E-state index contributed by atoms with van der Waals surface area (Å²) >= 11 is 0. The van der Waals surface area contributed by atoms with Crippen molar-refractivity contribution in [2.75, 3.05) is 26.8 Å². The number of carbonyl (C=O) groups is 1. The first-order valence-electron chi connectivity index (χ1n) is 4.31. The fourth-order valence-corrected chi connectivity index (χ4v) is 1.49. The summed E-state index contributed by atoms with van der Waals surface area (Å²) in [6, 6.07) is 0. The molecule has 1 aliphatic heterocycles. The topological polar surface area (TPSA) is 70.0 Å². The van der Waals surface area contributed by atoms with Gasteiger partial charge in [-0.05, 0) is 6.42 Å². The second-order valence-electron chi connectivity index (χ2n) is 3.21. The van der Waals surface area contributed by atoms with E-state index in [1.54, 1.807) is 0 Å². The first-order valence-corrected chi connectivity index (χ1v) is 4.31. The van der Waals surface area contributed by atoms with Gasteiger partial charge in [-0.3, -0.25) is 0 Å². The molecule has 0 aromatic heterocycles. The van der Waals surface area contributed by atoms with Crippen molar-refractivity contribution in [1.29, 1.82) is 0 Å². The van der Waals surface area contributed by atoms with E-state index in [1.807, 2.05) is 0 Å². The SMILES string of the molecule is COC(=O)N1CC[C@H](CO)[C@H](O)C1. The minimum atomic E-state index is -0.641. The van der Waals surface area contributed by atoms with Crippen molar-refractivity contribution in [1.82, 2.24) is 4.90 Å². The maximum absolute atomic E-state index is 11.0. The van der Waals surface area contributed by atoms with E-state index in [4.69, 9.17) is 5.11 Å². The molecule has 1 amide bonds. The molecule has 0 aromatic carbocycles. The minimum Gasteiger partial charge on any atom is -0.453 e. The zero-order valence-electron chi connectivity index (χ0n) is 7.64. The van der Waals surface area contributed by atoms with Crippen LogP contribution in [0.2, 0.25) is 0 Å². The third kappa shape index (κ3) is 2.32. The average molecular weight is 189 g/mol. The predicted octanol–water partition coefficient (Wildman–Crippen LogP) is -0.572. The molecule has 0 spiro atoms. The lowest BCUT2D eigenvalue weighted by atomic mass is 9.95. The van der Waals surface area contributed by atoms with Crippen LogP contribution in [-0.2, 0) is 4.74 Å². The van der Waals surface area contributed by atoms with Gasteiger partial charge in [-0.15, -0.1) is 0 Å². The standard InChI is InChI=1S/C8H15NO4/c1-13-8(12)9-3-2-6(5-10)7(11)4-9/h6-7,10-11H,2-5H2,1H3/t6-,7-/m1/s1. The fourth-order valence-electron chi connectivity index (χ4n) is 1.49. The van der Waals surface area contributed by atoms with Gasteiger partial charge in [0.25, 0.3) is 0 Å². The Hall–Kier alpha value is -0.810. The van der Waals surface area contributed by atoms with Crippen LogP contribution < -0.4 is 0 Å². The van der Waals surface area contributed by atoms with Gasteiger partial charge in [-0.25, -0.2) is 4.79 Å². The fraction of sp³-hybridized carbons (Fsp3) is 0.875. The number of ether oxygens (including phenoxy) is 1. The Morgan fingerprint density at radius 1 is 1.69 bits per heavy atom. The smallest absolute Gasteiger partial charge is 0.409 e. The van der Waals surface area contributed by atoms with E-state index in [-0.39, 0.29) is 19.1 Å². The summed E-state index contributed by atoms with van der Waals surface area (Å²) in [7, 11) is 1.31. The van der Waals surface area contributed by atoms with Crippen LogP contribution in [0.3, 0.4) is 0 Å². The van der Waals surface area contributed by atoms with E-state index in [0.717, 1.165) is 0 Å². The molecule has 0 radical (unpaired) electrons. The molecule has 76 valence electrons. The van der Waals surface area contributed by atoms with Crippen LogP contribution >= 0.6 is 0 Å². The van der Waals surface area contributed by atoms with Crippen LogP contribution in [0, 0.1) is 5.92 Å². The molecular formula is C8H15NO4. The molecule has 5 heteroatoms. The Kier molecular flexibility index (Phi) is 3.50. The highest BCUT2D eigenvalue weighted by Gasteiger charge is 2.29. The Balaban J connectivity index is 2.45. The van der Waals surface area contributed by atoms with Gasteiger partial charge in [0.2, 0.25) is 0 Å². The summed E-state index contributed by atoms with van der Waals surface area (Å²) in [6.45, 7) is 0.753. The average Bonchev–Trinajstić information content (AvgIpc) is 2.16. The molecule has 1 saturated heterocycles. The molecule has 1 fully saturated rings. The molecule has 0 bridgehead atoms. The Morgan fingerprint density at radius 2 is 2.38 bits per heavy atom. The number of β-amino-alcohol motifs (C(OH)–C–C–N with tert-alkyl or cyclic N) is 1. The first kappa shape index (κ1) is 10.3. The molecule has 2 atom stereocenters. The second kappa shape index (κ2) is 4.43. The Bertz CT molecular complexity index is 185. The third-order valence-corrected chi connectivity index (χ3v) is 2.39. The molecule has 2 N–H and O–H groups in total. The number of amides is 1. The highest BCUT2D eigenvalue weighted by Crippen LogP contribution is 2.17. The van der Waals surface area contributed by atoms with E-state index in [2.05, 4.69) is 4.74 Å². The van der Waals surface area contributed by atoms with Crippen LogP contribution in [0.15, 0.2) is 0 Å². The van der Waals surface area contributed by atoms with Crippen LogP contribution in [-0.4, -0.2) is 54.1 Å². The van der Waals surface area contributed by atoms with Gasteiger partial charge in [0.15, 0.2) is 0 Å². The highest BCUT2D eigenvalue weighted by molar-refractivity contribution is 5.67. The summed E-state index contributed by atoms with van der Waals surface area (Å²) < 4.78 is 4.52. The highest BCUT2D eigenvalue weighted by atomic mass is 16.5. The van der Waals surface area contributed by atoms with E-state index < -0.39 is 12.2 Å². The molecule has 0 aromatic rings. The van der Waals surface area contributed by atoms with Gasteiger partial charge < -0.3 is 19.8 Å². The van der Waals surface area contributed by atoms with Crippen molar-refractivity contribution in [3.8, 4) is 0 Å². The van der Waals surface area contributed by atoms with Crippen LogP contribution in [0.1, 0.15) is 6.42 Å². The van der Waals surface area contributed by atoms with Gasteiger partial charge in [0.1, 0.15) is 0 Å². The summed E-state index contributed by atoms with van der Waals surface area (Å²) in [4.78, 5) is 12.5. The van der Waals surface area contributed by atoms with E-state index in [0.29, 0.717) is 13.0 Å². The summed E-state index contributed by atoms with van der Waals surface area (Å²) in [5, 5.41) is 18.3. The van der Waals surface area contributed by atoms with Crippen LogP contribution in [0.25, 0.3) is 0 Å². The summed E-state index contributed by atoms with van der Waals surface area (Å²) in [6.07, 6.45) is -0.444. The number of aliphatic hydroxyl groups excluding tert-OH is 2. The normalized spacial score (nSPS) is 28.7. The summed E-state index contributed by atoms with van der Waals surface area (Å²) in [5.41, 5.74) is 0. The Morgan fingerprint density at radius 3 is 2.85 bits per heavy atom. The number of likely N-dealkylation sites (tertiary alicyclic amines) is 1. The maximum atomic E-state index is 11.0. The molecule has 0 unspecified atom stereocenters. The van der Waals surface area contributed by atoms with Crippen molar-refractivity contribution < 1.29 is 19.7 Å². The summed E-state index contributed by atoms with van der Waals surface area (Å²) in [5.74, 6) is -0.110. The largest absolute Gasteiger partial charge is 0.453 e. The number of rotatable bonds is 1. The second-order valence-corrected chi connectivity index (χ2v) is 3.21.